The van der Waals surface area contributed by atoms with Crippen molar-refractivity contribution in [3.63, 3.8) is 0 Å². The van der Waals surface area contributed by atoms with E-state index in [1.165, 1.54) is 6.42 Å². The number of hydrogen-bond donors (Lipinski definition) is 0. The molecule has 2 aromatic rings. The van der Waals surface area contributed by atoms with Crippen LogP contribution in [-0.4, -0.2) is 26.2 Å². The van der Waals surface area contributed by atoms with Gasteiger partial charge in [0.15, 0.2) is 5.82 Å². The van der Waals surface area contributed by atoms with Crippen molar-refractivity contribution >= 4 is 39.0 Å². The minimum absolute atomic E-state index is 0.580. The predicted octanol–water partition coefficient (Wildman–Crippen LogP) is 5.19. The Morgan fingerprint density at radius 1 is 1.25 bits per heavy atom. The van der Waals surface area contributed by atoms with Crippen LogP contribution < -0.4 is 0 Å². The molecule has 2 aliphatic rings. The Hall–Kier alpha value is -2.30. The molecule has 1 aromatic heterocycles. The number of allylic oxidation sites excluding steroid dienone is 1. The molecular weight excluding hydrogens is 434 g/mol. The lowest BCUT2D eigenvalue weighted by Gasteiger charge is -2.23. The van der Waals surface area contributed by atoms with Crippen molar-refractivity contribution in [2.75, 3.05) is 6.54 Å². The molecule has 3 heterocycles. The van der Waals surface area contributed by atoms with Gasteiger partial charge in [0.1, 0.15) is 22.5 Å². The van der Waals surface area contributed by atoms with Gasteiger partial charge in [0.25, 0.3) is 0 Å². The van der Waals surface area contributed by atoms with Crippen LogP contribution in [0.5, 0.6) is 0 Å². The normalized spacial score (nSPS) is 18.1. The molecule has 0 amide bonds. The molecule has 5 nitrogen and oxygen atoms in total. The molecule has 0 fully saturated rings. The second-order valence-electron chi connectivity index (χ2n) is 6.72. The van der Waals surface area contributed by atoms with Gasteiger partial charge in [0.05, 0.1) is 5.70 Å². The van der Waals surface area contributed by atoms with E-state index in [1.807, 2.05) is 18.2 Å². The largest absolute Gasteiger partial charge is 0.330 e. The van der Waals surface area contributed by atoms with Gasteiger partial charge >= 0.3 is 0 Å². The zero-order valence-electron chi connectivity index (χ0n) is 15.4. The SMILES string of the molecule is C=CCN1C(c2ccc(Br)cc2)=CS/C1=C(\C#N)c1nnc2n1CCCCC2. The lowest BCUT2D eigenvalue weighted by molar-refractivity contribution is 0.586. The van der Waals surface area contributed by atoms with Crippen molar-refractivity contribution in [1.82, 2.24) is 19.7 Å². The van der Waals surface area contributed by atoms with Gasteiger partial charge in [-0.25, -0.2) is 0 Å². The number of fused-ring (bicyclic) bond motifs is 1. The van der Waals surface area contributed by atoms with E-state index in [-0.39, 0.29) is 0 Å². The number of benzene rings is 1. The molecule has 142 valence electrons. The molecular formula is C21H20BrN5S. The van der Waals surface area contributed by atoms with Crippen LogP contribution in [0.2, 0.25) is 0 Å². The summed E-state index contributed by atoms with van der Waals surface area (Å²) in [6, 6.07) is 10.6. The summed E-state index contributed by atoms with van der Waals surface area (Å²) in [5.41, 5.74) is 2.75. The highest BCUT2D eigenvalue weighted by atomic mass is 79.9. The van der Waals surface area contributed by atoms with Gasteiger partial charge in [-0.1, -0.05) is 52.3 Å². The minimum atomic E-state index is 0.580. The highest BCUT2D eigenvalue weighted by Crippen LogP contribution is 2.43. The van der Waals surface area contributed by atoms with Crippen LogP contribution >= 0.6 is 27.7 Å². The molecule has 0 saturated carbocycles. The number of nitrogens with zero attached hydrogens (tertiary/aromatic N) is 5. The molecule has 0 radical (unpaired) electrons. The number of hydrogen-bond acceptors (Lipinski definition) is 5. The number of aromatic nitrogens is 3. The first kappa shape index (κ1) is 19.0. The van der Waals surface area contributed by atoms with Crippen LogP contribution in [0.1, 0.15) is 36.5 Å². The fourth-order valence-corrected chi connectivity index (χ4v) is 4.87. The van der Waals surface area contributed by atoms with Gasteiger partial charge < -0.3 is 9.47 Å². The second kappa shape index (κ2) is 8.38. The Bertz CT molecular complexity index is 997. The van der Waals surface area contributed by atoms with E-state index in [0.717, 1.165) is 52.4 Å². The highest BCUT2D eigenvalue weighted by Gasteiger charge is 2.28. The second-order valence-corrected chi connectivity index (χ2v) is 8.49. The van der Waals surface area contributed by atoms with Crippen LogP contribution in [-0.2, 0) is 13.0 Å². The summed E-state index contributed by atoms with van der Waals surface area (Å²) in [5, 5.41) is 21.8. The molecule has 2 aliphatic heterocycles. The third kappa shape index (κ3) is 3.54. The van der Waals surface area contributed by atoms with Crippen molar-refractivity contribution < 1.29 is 0 Å². The summed E-state index contributed by atoms with van der Waals surface area (Å²) < 4.78 is 3.17. The predicted molar refractivity (Wildman–Crippen MR) is 117 cm³/mol. The topological polar surface area (TPSA) is 57.7 Å². The molecule has 1 aromatic carbocycles. The van der Waals surface area contributed by atoms with Crippen molar-refractivity contribution in [1.29, 1.82) is 5.26 Å². The zero-order chi connectivity index (χ0) is 19.5. The van der Waals surface area contributed by atoms with Gasteiger partial charge in [0.2, 0.25) is 0 Å². The Labute approximate surface area is 177 Å². The fourth-order valence-electron chi connectivity index (χ4n) is 3.56. The van der Waals surface area contributed by atoms with Crippen LogP contribution in [0.15, 0.2) is 51.8 Å². The van der Waals surface area contributed by atoms with Gasteiger partial charge in [-0.05, 0) is 30.5 Å². The van der Waals surface area contributed by atoms with Gasteiger partial charge in [0, 0.05) is 29.4 Å². The van der Waals surface area contributed by atoms with Crippen LogP contribution in [0.4, 0.5) is 0 Å². The van der Waals surface area contributed by atoms with E-state index in [1.54, 1.807) is 11.8 Å². The van der Waals surface area contributed by atoms with Crippen molar-refractivity contribution in [2.45, 2.75) is 32.2 Å². The van der Waals surface area contributed by atoms with Crippen LogP contribution in [0.25, 0.3) is 11.3 Å². The lowest BCUT2D eigenvalue weighted by atomic mass is 10.1. The highest BCUT2D eigenvalue weighted by molar-refractivity contribution is 9.10. The van der Waals surface area contributed by atoms with Gasteiger partial charge in [-0.3, -0.25) is 0 Å². The molecule has 0 spiro atoms. The molecule has 0 aliphatic carbocycles. The molecule has 4 rings (SSSR count). The number of halogens is 1. The van der Waals surface area contributed by atoms with E-state index < -0.39 is 0 Å². The Morgan fingerprint density at radius 3 is 2.82 bits per heavy atom. The minimum Gasteiger partial charge on any atom is -0.330 e. The Kier molecular flexibility index (Phi) is 5.69. The third-order valence-corrected chi connectivity index (χ3v) is 6.45. The maximum absolute atomic E-state index is 10.0. The summed E-state index contributed by atoms with van der Waals surface area (Å²) in [5.74, 6) is 1.67. The summed E-state index contributed by atoms with van der Waals surface area (Å²) >= 11 is 5.05. The quantitative estimate of drug-likeness (QED) is 0.470. The maximum atomic E-state index is 10.0. The fraction of sp³-hybridized carbons (Fsp3) is 0.286. The molecule has 0 N–H and O–H groups in total. The standard InChI is InChI=1S/C21H20BrN5S/c1-2-11-26-18(15-7-9-16(22)10-8-15)14-28-21(26)17(13-23)20-25-24-19-6-4-3-5-12-27(19)20/h2,7-10,14H,1,3-6,11-12H2/b21-17+. The first-order chi connectivity index (χ1) is 13.7. The Morgan fingerprint density at radius 2 is 2.07 bits per heavy atom. The van der Waals surface area contributed by atoms with E-state index in [0.29, 0.717) is 17.9 Å². The summed E-state index contributed by atoms with van der Waals surface area (Å²) in [4.78, 5) is 2.14. The molecule has 7 heteroatoms. The van der Waals surface area contributed by atoms with Crippen molar-refractivity contribution in [2.24, 2.45) is 0 Å². The van der Waals surface area contributed by atoms with E-state index in [9.17, 15) is 5.26 Å². The first-order valence-corrected chi connectivity index (χ1v) is 11.0. The van der Waals surface area contributed by atoms with E-state index in [2.05, 4.69) is 65.8 Å². The van der Waals surface area contributed by atoms with Gasteiger partial charge in [-0.2, -0.15) is 5.26 Å². The number of aryl methyl sites for hydroxylation is 1. The summed E-state index contributed by atoms with van der Waals surface area (Å²) in [7, 11) is 0. The van der Waals surface area contributed by atoms with Gasteiger partial charge in [-0.15, -0.1) is 16.8 Å². The Balaban J connectivity index is 1.77. The average Bonchev–Trinajstić information content (AvgIpc) is 3.21. The van der Waals surface area contributed by atoms with Crippen LogP contribution in [0, 0.1) is 11.3 Å². The average molecular weight is 454 g/mol. The molecule has 0 bridgehead atoms. The monoisotopic (exact) mass is 453 g/mol. The maximum Gasteiger partial charge on any atom is 0.177 e. The third-order valence-electron chi connectivity index (χ3n) is 4.93. The van der Waals surface area contributed by atoms with Crippen LogP contribution in [0.3, 0.4) is 0 Å². The molecule has 0 unspecified atom stereocenters. The van der Waals surface area contributed by atoms with Crippen molar-refractivity contribution in [3.05, 3.63) is 69.0 Å². The summed E-state index contributed by atoms with van der Waals surface area (Å²) in [6.07, 6.45) is 6.19. The summed E-state index contributed by atoms with van der Waals surface area (Å²) in [6.45, 7) is 5.40. The number of nitriles is 1. The number of rotatable bonds is 4. The molecule has 0 atom stereocenters. The molecule has 0 saturated heterocycles. The lowest BCUT2D eigenvalue weighted by Crippen LogP contribution is -2.18. The molecule has 28 heavy (non-hydrogen) atoms. The zero-order valence-corrected chi connectivity index (χ0v) is 17.8. The van der Waals surface area contributed by atoms with Crippen molar-refractivity contribution in [3.8, 4) is 6.07 Å². The first-order valence-electron chi connectivity index (χ1n) is 9.31. The smallest absolute Gasteiger partial charge is 0.177 e. The number of thioether (sulfide) groups is 1. The van der Waals surface area contributed by atoms with E-state index >= 15 is 0 Å². The van der Waals surface area contributed by atoms with E-state index in [4.69, 9.17) is 0 Å².